The number of hydrogen-bond donors (Lipinski definition) is 0. The first-order valence-electron chi connectivity index (χ1n) is 3.35. The molecule has 0 fully saturated rings. The second-order valence-corrected chi connectivity index (χ2v) is 3.15. The molecule has 76 valence electrons. The Hall–Kier alpha value is -1.24. The minimum atomic E-state index is -1.38. The SMILES string of the molecule is COc1c([N+](=O)[O-])cc(Br)c(F)c1F. The van der Waals surface area contributed by atoms with Crippen molar-refractivity contribution >= 4 is 21.6 Å². The van der Waals surface area contributed by atoms with E-state index in [0.29, 0.717) is 0 Å². The Morgan fingerprint density at radius 2 is 2.07 bits per heavy atom. The van der Waals surface area contributed by atoms with Gasteiger partial charge in [0, 0.05) is 6.07 Å². The van der Waals surface area contributed by atoms with Crippen LogP contribution >= 0.6 is 15.9 Å². The van der Waals surface area contributed by atoms with Gasteiger partial charge in [0.1, 0.15) is 0 Å². The summed E-state index contributed by atoms with van der Waals surface area (Å²) in [5.74, 6) is -3.31. The lowest BCUT2D eigenvalue weighted by atomic mass is 10.3. The van der Waals surface area contributed by atoms with E-state index in [-0.39, 0.29) is 4.47 Å². The zero-order valence-corrected chi connectivity index (χ0v) is 8.47. The van der Waals surface area contributed by atoms with Crippen molar-refractivity contribution in [3.8, 4) is 5.75 Å². The van der Waals surface area contributed by atoms with Crippen molar-refractivity contribution in [2.24, 2.45) is 0 Å². The Morgan fingerprint density at radius 1 is 1.50 bits per heavy atom. The van der Waals surface area contributed by atoms with Crippen LogP contribution in [-0.4, -0.2) is 12.0 Å². The van der Waals surface area contributed by atoms with E-state index < -0.39 is 28.0 Å². The van der Waals surface area contributed by atoms with Gasteiger partial charge in [0.25, 0.3) is 0 Å². The molecule has 4 nitrogen and oxygen atoms in total. The molecule has 0 spiro atoms. The number of methoxy groups -OCH3 is 1. The summed E-state index contributed by atoms with van der Waals surface area (Å²) in [4.78, 5) is 9.56. The Bertz CT molecular complexity index is 397. The van der Waals surface area contributed by atoms with E-state index in [2.05, 4.69) is 20.7 Å². The number of rotatable bonds is 2. The van der Waals surface area contributed by atoms with E-state index in [0.717, 1.165) is 13.2 Å². The summed E-state index contributed by atoms with van der Waals surface area (Å²) in [7, 11) is 1.03. The van der Waals surface area contributed by atoms with Gasteiger partial charge < -0.3 is 4.74 Å². The molecule has 0 N–H and O–H groups in total. The van der Waals surface area contributed by atoms with E-state index >= 15 is 0 Å². The van der Waals surface area contributed by atoms with Crippen molar-refractivity contribution in [2.75, 3.05) is 7.11 Å². The lowest BCUT2D eigenvalue weighted by Crippen LogP contribution is -1.99. The van der Waals surface area contributed by atoms with E-state index in [1.807, 2.05) is 0 Å². The summed E-state index contributed by atoms with van der Waals surface area (Å²) < 4.78 is 30.0. The van der Waals surface area contributed by atoms with Crippen LogP contribution in [0.25, 0.3) is 0 Å². The number of ether oxygens (including phenoxy) is 1. The molecular weight excluding hydrogens is 264 g/mol. The van der Waals surface area contributed by atoms with Crippen LogP contribution in [0.2, 0.25) is 0 Å². The van der Waals surface area contributed by atoms with Crippen LogP contribution in [0.5, 0.6) is 5.75 Å². The van der Waals surface area contributed by atoms with Gasteiger partial charge in [0.05, 0.1) is 16.5 Å². The monoisotopic (exact) mass is 267 g/mol. The number of nitro groups is 1. The van der Waals surface area contributed by atoms with Gasteiger partial charge in [-0.25, -0.2) is 4.39 Å². The van der Waals surface area contributed by atoms with Crippen LogP contribution in [0.4, 0.5) is 14.5 Å². The second kappa shape index (κ2) is 3.87. The maximum Gasteiger partial charge on any atom is 0.315 e. The fourth-order valence-electron chi connectivity index (χ4n) is 0.896. The van der Waals surface area contributed by atoms with E-state index in [9.17, 15) is 18.9 Å². The van der Waals surface area contributed by atoms with Gasteiger partial charge in [0.2, 0.25) is 11.6 Å². The molecule has 1 aromatic carbocycles. The zero-order valence-electron chi connectivity index (χ0n) is 6.88. The molecule has 1 rings (SSSR count). The lowest BCUT2D eigenvalue weighted by molar-refractivity contribution is -0.386. The second-order valence-electron chi connectivity index (χ2n) is 2.30. The van der Waals surface area contributed by atoms with Crippen molar-refractivity contribution in [2.45, 2.75) is 0 Å². The topological polar surface area (TPSA) is 52.4 Å². The van der Waals surface area contributed by atoms with Crippen molar-refractivity contribution in [1.29, 1.82) is 0 Å². The molecule has 1 aromatic rings. The summed E-state index contributed by atoms with van der Waals surface area (Å²) in [5, 5.41) is 10.4. The van der Waals surface area contributed by atoms with Gasteiger partial charge >= 0.3 is 5.69 Å². The fraction of sp³-hybridized carbons (Fsp3) is 0.143. The van der Waals surface area contributed by atoms with Crippen molar-refractivity contribution in [3.63, 3.8) is 0 Å². The maximum absolute atomic E-state index is 13.0. The van der Waals surface area contributed by atoms with E-state index in [1.165, 1.54) is 0 Å². The van der Waals surface area contributed by atoms with Gasteiger partial charge in [0.15, 0.2) is 5.82 Å². The summed E-state index contributed by atoms with van der Waals surface area (Å²) in [5.41, 5.74) is -0.627. The third-order valence-corrected chi connectivity index (χ3v) is 2.08. The Morgan fingerprint density at radius 3 is 2.50 bits per heavy atom. The molecule has 0 aliphatic carbocycles. The first-order valence-corrected chi connectivity index (χ1v) is 4.14. The maximum atomic E-state index is 13.0. The molecule has 7 heteroatoms. The summed E-state index contributed by atoms with van der Waals surface area (Å²) in [6.07, 6.45) is 0. The third-order valence-electron chi connectivity index (χ3n) is 1.50. The smallest absolute Gasteiger partial charge is 0.315 e. The minimum Gasteiger partial charge on any atom is -0.488 e. The molecule has 0 unspecified atom stereocenters. The third kappa shape index (κ3) is 1.67. The molecule has 0 aromatic heterocycles. The lowest BCUT2D eigenvalue weighted by Gasteiger charge is -2.04. The molecule has 0 atom stereocenters. The zero-order chi connectivity index (χ0) is 10.9. The van der Waals surface area contributed by atoms with E-state index in [4.69, 9.17) is 0 Å². The van der Waals surface area contributed by atoms with E-state index in [1.54, 1.807) is 0 Å². The van der Waals surface area contributed by atoms with Crippen LogP contribution in [0.3, 0.4) is 0 Å². The van der Waals surface area contributed by atoms with Crippen LogP contribution in [-0.2, 0) is 0 Å². The first kappa shape index (κ1) is 10.8. The highest BCUT2D eigenvalue weighted by atomic mass is 79.9. The molecule has 0 saturated carbocycles. The van der Waals surface area contributed by atoms with Gasteiger partial charge in [-0.3, -0.25) is 10.1 Å². The van der Waals surface area contributed by atoms with Crippen LogP contribution in [0.1, 0.15) is 0 Å². The molecule has 14 heavy (non-hydrogen) atoms. The number of nitrogens with zero attached hydrogens (tertiary/aromatic N) is 1. The predicted molar refractivity (Wildman–Crippen MR) is 47.3 cm³/mol. The minimum absolute atomic E-state index is 0.317. The van der Waals surface area contributed by atoms with Gasteiger partial charge in [-0.2, -0.15) is 4.39 Å². The molecule has 0 bridgehead atoms. The van der Waals surface area contributed by atoms with Crippen LogP contribution in [0.15, 0.2) is 10.5 Å². The van der Waals surface area contributed by atoms with Gasteiger partial charge in [-0.05, 0) is 15.9 Å². The molecule has 0 saturated heterocycles. The molecule has 0 aliphatic rings. The molecule has 0 heterocycles. The van der Waals surface area contributed by atoms with Crippen LogP contribution < -0.4 is 4.74 Å². The van der Waals surface area contributed by atoms with Crippen molar-refractivity contribution in [1.82, 2.24) is 0 Å². The highest BCUT2D eigenvalue weighted by Crippen LogP contribution is 2.35. The molecule has 0 aliphatic heterocycles. The average molecular weight is 268 g/mol. The van der Waals surface area contributed by atoms with Gasteiger partial charge in [-0.15, -0.1) is 0 Å². The summed E-state index contributed by atoms with van der Waals surface area (Å²) >= 11 is 2.65. The van der Waals surface area contributed by atoms with Gasteiger partial charge in [-0.1, -0.05) is 0 Å². The largest absolute Gasteiger partial charge is 0.488 e. The summed E-state index contributed by atoms with van der Waals surface area (Å²) in [6.45, 7) is 0. The molecular formula is C7H4BrF2NO3. The first-order chi connectivity index (χ1) is 6.49. The standard InChI is InChI=1S/C7H4BrF2NO3/c1-14-7-4(11(12)13)2-3(8)5(9)6(7)10/h2H,1H3. The summed E-state index contributed by atoms with van der Waals surface area (Å²) in [6, 6.07) is 0.844. The Kier molecular flexibility index (Phi) is 3.00. The number of nitro benzene ring substituents is 1. The Balaban J connectivity index is 3.51. The van der Waals surface area contributed by atoms with Crippen molar-refractivity contribution < 1.29 is 18.4 Å². The Labute approximate surface area is 85.8 Å². The van der Waals surface area contributed by atoms with Crippen LogP contribution in [0, 0.1) is 21.7 Å². The number of benzene rings is 1. The normalized spacial score (nSPS) is 10.0. The number of hydrogen-bond acceptors (Lipinski definition) is 3. The highest BCUT2D eigenvalue weighted by molar-refractivity contribution is 9.10. The highest BCUT2D eigenvalue weighted by Gasteiger charge is 2.25. The molecule has 0 radical (unpaired) electrons. The average Bonchev–Trinajstić information content (AvgIpc) is 2.13. The fourth-order valence-corrected chi connectivity index (χ4v) is 1.29. The quantitative estimate of drug-likeness (QED) is 0.470. The number of halogens is 3. The molecule has 0 amide bonds. The predicted octanol–water partition coefficient (Wildman–Crippen LogP) is 2.64. The van der Waals surface area contributed by atoms with Crippen molar-refractivity contribution in [3.05, 3.63) is 32.3 Å².